The standard InChI is InChI=1S/C10H14/c1-8-5-6-9-3-2-4-10(9)7-8/h2,4-5,9-10H,3,6-7H2,1H3/t9-,10+/m1/s1. The summed E-state index contributed by atoms with van der Waals surface area (Å²) >= 11 is 0. The van der Waals surface area contributed by atoms with Gasteiger partial charge in [-0.2, -0.15) is 0 Å². The van der Waals surface area contributed by atoms with Crippen LogP contribution < -0.4 is 0 Å². The van der Waals surface area contributed by atoms with Gasteiger partial charge in [-0.1, -0.05) is 23.8 Å². The van der Waals surface area contributed by atoms with Gasteiger partial charge in [-0.25, -0.2) is 0 Å². The highest BCUT2D eigenvalue weighted by molar-refractivity contribution is 5.14. The SMILES string of the molecule is CC1=CC[C@H]2CC=C[C@H]2C1. The summed E-state index contributed by atoms with van der Waals surface area (Å²) in [6.07, 6.45) is 11.1. The molecule has 54 valence electrons. The number of hydrogen-bond acceptors (Lipinski definition) is 0. The predicted molar refractivity (Wildman–Crippen MR) is 43.7 cm³/mol. The summed E-state index contributed by atoms with van der Waals surface area (Å²) in [4.78, 5) is 0. The van der Waals surface area contributed by atoms with Gasteiger partial charge in [0, 0.05) is 0 Å². The summed E-state index contributed by atoms with van der Waals surface area (Å²) in [5, 5.41) is 0. The highest BCUT2D eigenvalue weighted by Crippen LogP contribution is 2.36. The Labute approximate surface area is 62.6 Å². The molecule has 0 saturated heterocycles. The maximum atomic E-state index is 2.41. The Morgan fingerprint density at radius 2 is 2.30 bits per heavy atom. The second-order valence-corrected chi connectivity index (χ2v) is 3.58. The second kappa shape index (κ2) is 2.26. The molecule has 0 saturated carbocycles. The third-order valence-corrected chi connectivity index (χ3v) is 2.75. The normalized spacial score (nSPS) is 37.5. The summed E-state index contributed by atoms with van der Waals surface area (Å²) in [7, 11) is 0. The lowest BCUT2D eigenvalue weighted by molar-refractivity contribution is 0.405. The molecule has 0 aromatic rings. The van der Waals surface area contributed by atoms with E-state index in [0.717, 1.165) is 11.8 Å². The van der Waals surface area contributed by atoms with E-state index in [-0.39, 0.29) is 0 Å². The van der Waals surface area contributed by atoms with Crippen molar-refractivity contribution in [3.63, 3.8) is 0 Å². The first-order chi connectivity index (χ1) is 4.86. The highest BCUT2D eigenvalue weighted by Gasteiger charge is 2.24. The summed E-state index contributed by atoms with van der Waals surface area (Å²) in [5.41, 5.74) is 1.59. The summed E-state index contributed by atoms with van der Waals surface area (Å²) in [6, 6.07) is 0. The van der Waals surface area contributed by atoms with Gasteiger partial charge >= 0.3 is 0 Å². The topological polar surface area (TPSA) is 0 Å². The van der Waals surface area contributed by atoms with Crippen molar-refractivity contribution in [3.05, 3.63) is 23.8 Å². The van der Waals surface area contributed by atoms with Gasteiger partial charge < -0.3 is 0 Å². The number of fused-ring (bicyclic) bond motifs is 1. The van der Waals surface area contributed by atoms with Gasteiger partial charge in [-0.3, -0.25) is 0 Å². The Kier molecular flexibility index (Phi) is 1.40. The van der Waals surface area contributed by atoms with Crippen LogP contribution in [0.4, 0.5) is 0 Å². The number of hydrogen-bond donors (Lipinski definition) is 0. The van der Waals surface area contributed by atoms with E-state index < -0.39 is 0 Å². The largest absolute Gasteiger partial charge is 0.0879 e. The maximum Gasteiger partial charge on any atom is -0.0162 e. The molecule has 0 unspecified atom stereocenters. The Morgan fingerprint density at radius 3 is 3.20 bits per heavy atom. The van der Waals surface area contributed by atoms with E-state index >= 15 is 0 Å². The van der Waals surface area contributed by atoms with Crippen LogP contribution in [0.5, 0.6) is 0 Å². The van der Waals surface area contributed by atoms with E-state index in [1.165, 1.54) is 19.3 Å². The molecule has 0 amide bonds. The van der Waals surface area contributed by atoms with Gasteiger partial charge in [0.2, 0.25) is 0 Å². The van der Waals surface area contributed by atoms with Gasteiger partial charge in [0.25, 0.3) is 0 Å². The van der Waals surface area contributed by atoms with Crippen molar-refractivity contribution in [1.82, 2.24) is 0 Å². The number of rotatable bonds is 0. The van der Waals surface area contributed by atoms with E-state index in [0.29, 0.717) is 0 Å². The minimum absolute atomic E-state index is 0.894. The lowest BCUT2D eigenvalue weighted by atomic mass is 9.82. The molecule has 2 aliphatic rings. The Balaban J connectivity index is 2.14. The molecule has 2 rings (SSSR count). The molecule has 0 N–H and O–H groups in total. The predicted octanol–water partition coefficient (Wildman–Crippen LogP) is 2.92. The quantitative estimate of drug-likeness (QED) is 0.447. The van der Waals surface area contributed by atoms with Crippen molar-refractivity contribution in [2.45, 2.75) is 26.2 Å². The third-order valence-electron chi connectivity index (χ3n) is 2.75. The van der Waals surface area contributed by atoms with Crippen LogP contribution in [0.2, 0.25) is 0 Å². The molecule has 2 atom stereocenters. The zero-order valence-corrected chi connectivity index (χ0v) is 6.51. The van der Waals surface area contributed by atoms with Crippen LogP contribution in [0, 0.1) is 11.8 Å². The Bertz CT molecular complexity index is 186. The lowest BCUT2D eigenvalue weighted by Crippen LogP contribution is -2.11. The molecule has 0 radical (unpaired) electrons. The highest BCUT2D eigenvalue weighted by atomic mass is 14.3. The van der Waals surface area contributed by atoms with Crippen LogP contribution in [0.25, 0.3) is 0 Å². The van der Waals surface area contributed by atoms with Crippen molar-refractivity contribution in [1.29, 1.82) is 0 Å². The van der Waals surface area contributed by atoms with Crippen molar-refractivity contribution in [2.24, 2.45) is 11.8 Å². The molecule has 0 spiro atoms. The van der Waals surface area contributed by atoms with E-state index in [1.54, 1.807) is 5.57 Å². The minimum atomic E-state index is 0.894. The van der Waals surface area contributed by atoms with Crippen LogP contribution in [0.1, 0.15) is 26.2 Å². The smallest absolute Gasteiger partial charge is 0.0162 e. The molecule has 0 fully saturated rings. The van der Waals surface area contributed by atoms with Crippen molar-refractivity contribution in [2.75, 3.05) is 0 Å². The van der Waals surface area contributed by atoms with Gasteiger partial charge in [-0.05, 0) is 38.0 Å². The second-order valence-electron chi connectivity index (χ2n) is 3.58. The van der Waals surface area contributed by atoms with Gasteiger partial charge in [0.15, 0.2) is 0 Å². The summed E-state index contributed by atoms with van der Waals surface area (Å²) in [5.74, 6) is 1.86. The van der Waals surface area contributed by atoms with E-state index in [4.69, 9.17) is 0 Å². The monoisotopic (exact) mass is 134 g/mol. The van der Waals surface area contributed by atoms with Crippen LogP contribution in [0.3, 0.4) is 0 Å². The first-order valence-corrected chi connectivity index (χ1v) is 4.18. The van der Waals surface area contributed by atoms with Crippen molar-refractivity contribution >= 4 is 0 Å². The first kappa shape index (κ1) is 6.21. The van der Waals surface area contributed by atoms with Gasteiger partial charge in [0.05, 0.1) is 0 Å². The van der Waals surface area contributed by atoms with Crippen LogP contribution in [-0.4, -0.2) is 0 Å². The molecule has 0 aromatic carbocycles. The van der Waals surface area contributed by atoms with Gasteiger partial charge in [0.1, 0.15) is 0 Å². The molecule has 2 aliphatic carbocycles. The first-order valence-electron chi connectivity index (χ1n) is 4.18. The fourth-order valence-electron chi connectivity index (χ4n) is 2.07. The number of allylic oxidation sites excluding steroid dienone is 4. The average molecular weight is 134 g/mol. The Morgan fingerprint density at radius 1 is 1.40 bits per heavy atom. The van der Waals surface area contributed by atoms with E-state index in [2.05, 4.69) is 25.2 Å². The van der Waals surface area contributed by atoms with Crippen molar-refractivity contribution < 1.29 is 0 Å². The molecule has 10 heavy (non-hydrogen) atoms. The molecular weight excluding hydrogens is 120 g/mol. The van der Waals surface area contributed by atoms with E-state index in [9.17, 15) is 0 Å². The van der Waals surface area contributed by atoms with E-state index in [1.807, 2.05) is 0 Å². The molecule has 0 heteroatoms. The summed E-state index contributed by atoms with van der Waals surface area (Å²) < 4.78 is 0. The molecule has 0 heterocycles. The fourth-order valence-corrected chi connectivity index (χ4v) is 2.07. The zero-order chi connectivity index (χ0) is 6.97. The maximum absolute atomic E-state index is 2.41. The molecular formula is C10H14. The van der Waals surface area contributed by atoms with Crippen molar-refractivity contribution in [3.8, 4) is 0 Å². The summed E-state index contributed by atoms with van der Waals surface area (Å²) in [6.45, 7) is 2.25. The average Bonchev–Trinajstić information content (AvgIpc) is 2.33. The lowest BCUT2D eigenvalue weighted by Gasteiger charge is -2.23. The molecule has 0 aliphatic heterocycles. The minimum Gasteiger partial charge on any atom is -0.0879 e. The van der Waals surface area contributed by atoms with Gasteiger partial charge in [-0.15, -0.1) is 0 Å². The van der Waals surface area contributed by atoms with Crippen LogP contribution in [0.15, 0.2) is 23.8 Å². The van der Waals surface area contributed by atoms with Crippen LogP contribution >= 0.6 is 0 Å². The molecule has 0 aromatic heterocycles. The fraction of sp³-hybridized carbons (Fsp3) is 0.600. The third kappa shape index (κ3) is 0.920. The molecule has 0 nitrogen and oxygen atoms in total. The zero-order valence-electron chi connectivity index (χ0n) is 6.51. The van der Waals surface area contributed by atoms with Crippen LogP contribution in [-0.2, 0) is 0 Å². The Hall–Kier alpha value is -0.520. The molecule has 0 bridgehead atoms.